The number of rotatable bonds is 5. The van der Waals surface area contributed by atoms with E-state index in [4.69, 9.17) is 4.74 Å². The first-order chi connectivity index (χ1) is 11.8. The molecule has 0 saturated carbocycles. The number of sulfonamides is 1. The number of ether oxygens (including phenoxy) is 2. The normalized spacial score (nSPS) is 16.4. The van der Waals surface area contributed by atoms with Gasteiger partial charge >= 0.3 is 11.9 Å². The lowest BCUT2D eigenvalue weighted by Gasteiger charge is -2.30. The molecular weight excluding hydrogens is 346 g/mol. The second-order valence-electron chi connectivity index (χ2n) is 5.90. The number of esters is 2. The number of piperidine rings is 1. The minimum absolute atomic E-state index is 0.0879. The van der Waals surface area contributed by atoms with Crippen LogP contribution in [0.2, 0.25) is 0 Å². The zero-order valence-corrected chi connectivity index (χ0v) is 15.5. The summed E-state index contributed by atoms with van der Waals surface area (Å²) >= 11 is 0. The number of hydrogen-bond acceptors (Lipinski definition) is 6. The van der Waals surface area contributed by atoms with Crippen molar-refractivity contribution in [2.45, 2.75) is 31.6 Å². The van der Waals surface area contributed by atoms with Crippen molar-refractivity contribution in [2.75, 3.05) is 26.8 Å². The van der Waals surface area contributed by atoms with Crippen LogP contribution in [-0.4, -0.2) is 51.5 Å². The molecule has 0 amide bonds. The predicted molar refractivity (Wildman–Crippen MR) is 90.6 cm³/mol. The van der Waals surface area contributed by atoms with Crippen LogP contribution in [0.25, 0.3) is 0 Å². The molecule has 1 fully saturated rings. The highest BCUT2D eigenvalue weighted by molar-refractivity contribution is 7.89. The average molecular weight is 369 g/mol. The van der Waals surface area contributed by atoms with Crippen LogP contribution in [0, 0.1) is 12.8 Å². The molecule has 7 nitrogen and oxygen atoms in total. The van der Waals surface area contributed by atoms with Crippen molar-refractivity contribution in [1.82, 2.24) is 4.31 Å². The lowest BCUT2D eigenvalue weighted by molar-refractivity contribution is -0.149. The van der Waals surface area contributed by atoms with Crippen LogP contribution >= 0.6 is 0 Å². The molecule has 1 saturated heterocycles. The van der Waals surface area contributed by atoms with E-state index in [9.17, 15) is 18.0 Å². The van der Waals surface area contributed by atoms with Gasteiger partial charge < -0.3 is 9.47 Å². The number of benzene rings is 1. The highest BCUT2D eigenvalue weighted by atomic mass is 32.2. The zero-order valence-electron chi connectivity index (χ0n) is 14.6. The Kier molecular flexibility index (Phi) is 6.18. The fourth-order valence-corrected chi connectivity index (χ4v) is 4.57. The van der Waals surface area contributed by atoms with Crippen molar-refractivity contribution in [3.05, 3.63) is 29.3 Å². The van der Waals surface area contributed by atoms with Crippen molar-refractivity contribution < 1.29 is 27.5 Å². The maximum atomic E-state index is 12.9. The van der Waals surface area contributed by atoms with Gasteiger partial charge in [-0.05, 0) is 44.4 Å². The summed E-state index contributed by atoms with van der Waals surface area (Å²) in [5.74, 6) is -1.13. The topological polar surface area (TPSA) is 90.0 Å². The minimum Gasteiger partial charge on any atom is -0.466 e. The number of carbonyl (C=O) groups is 2. The van der Waals surface area contributed by atoms with E-state index in [1.54, 1.807) is 19.9 Å². The van der Waals surface area contributed by atoms with E-state index in [1.807, 2.05) is 0 Å². The Morgan fingerprint density at radius 3 is 2.44 bits per heavy atom. The Labute approximate surface area is 148 Å². The van der Waals surface area contributed by atoms with E-state index >= 15 is 0 Å². The lowest BCUT2D eigenvalue weighted by Crippen LogP contribution is -2.40. The molecule has 2 rings (SSSR count). The van der Waals surface area contributed by atoms with Crippen molar-refractivity contribution in [3.63, 3.8) is 0 Å². The third kappa shape index (κ3) is 4.19. The largest absolute Gasteiger partial charge is 0.466 e. The zero-order chi connectivity index (χ0) is 18.6. The third-order valence-corrected chi connectivity index (χ3v) is 6.34. The maximum absolute atomic E-state index is 12.9. The number of hydrogen-bond donors (Lipinski definition) is 0. The molecule has 8 heteroatoms. The van der Waals surface area contributed by atoms with E-state index in [2.05, 4.69) is 4.74 Å². The molecule has 0 N–H and O–H groups in total. The summed E-state index contributed by atoms with van der Waals surface area (Å²) in [7, 11) is -2.50. The van der Waals surface area contributed by atoms with Crippen LogP contribution in [0.4, 0.5) is 0 Å². The molecule has 1 heterocycles. The first-order valence-corrected chi connectivity index (χ1v) is 9.61. The van der Waals surface area contributed by atoms with Gasteiger partial charge in [-0.25, -0.2) is 13.2 Å². The molecule has 0 atom stereocenters. The van der Waals surface area contributed by atoms with Crippen LogP contribution < -0.4 is 0 Å². The molecule has 0 radical (unpaired) electrons. The van der Waals surface area contributed by atoms with E-state index in [0.29, 0.717) is 25.0 Å². The quantitative estimate of drug-likeness (QED) is 0.735. The molecule has 1 aromatic rings. The Morgan fingerprint density at radius 1 is 1.24 bits per heavy atom. The highest BCUT2D eigenvalue weighted by Crippen LogP contribution is 2.27. The third-order valence-electron chi connectivity index (χ3n) is 4.30. The standard InChI is InChI=1S/C17H23NO6S/c1-4-24-17(20)13-7-9-18(10-8-13)25(21,22)15-11-14(16(19)23-3)6-5-12(15)2/h5-6,11,13H,4,7-10H2,1-3H3. The molecule has 1 aromatic carbocycles. The predicted octanol–water partition coefficient (Wildman–Crippen LogP) is 1.75. The van der Waals surface area contributed by atoms with E-state index in [1.165, 1.54) is 23.5 Å². The van der Waals surface area contributed by atoms with Crippen molar-refractivity contribution in [3.8, 4) is 0 Å². The van der Waals surface area contributed by atoms with E-state index in [0.717, 1.165) is 0 Å². The molecule has 0 unspecified atom stereocenters. The van der Waals surface area contributed by atoms with E-state index in [-0.39, 0.29) is 35.4 Å². The van der Waals surface area contributed by atoms with Crippen molar-refractivity contribution in [1.29, 1.82) is 0 Å². The minimum atomic E-state index is -3.74. The summed E-state index contributed by atoms with van der Waals surface area (Å²) in [6.45, 7) is 4.23. The van der Waals surface area contributed by atoms with Crippen LogP contribution in [0.3, 0.4) is 0 Å². The Balaban J connectivity index is 2.20. The second kappa shape index (κ2) is 7.97. The lowest BCUT2D eigenvalue weighted by atomic mass is 9.98. The van der Waals surface area contributed by atoms with Gasteiger partial charge in [0, 0.05) is 13.1 Å². The van der Waals surface area contributed by atoms with Crippen LogP contribution in [-0.2, 0) is 24.3 Å². The van der Waals surface area contributed by atoms with Crippen LogP contribution in [0.15, 0.2) is 23.1 Å². The molecule has 0 bridgehead atoms. The molecular formula is C17H23NO6S. The molecule has 25 heavy (non-hydrogen) atoms. The second-order valence-corrected chi connectivity index (χ2v) is 7.81. The number of methoxy groups -OCH3 is 1. The fourth-order valence-electron chi connectivity index (χ4n) is 2.85. The van der Waals surface area contributed by atoms with Gasteiger partial charge in [-0.1, -0.05) is 6.07 Å². The van der Waals surface area contributed by atoms with Gasteiger partial charge in [0.2, 0.25) is 10.0 Å². The van der Waals surface area contributed by atoms with Crippen molar-refractivity contribution in [2.24, 2.45) is 5.92 Å². The number of carbonyl (C=O) groups excluding carboxylic acids is 2. The van der Waals surface area contributed by atoms with Crippen LogP contribution in [0.1, 0.15) is 35.7 Å². The molecule has 138 valence electrons. The molecule has 1 aliphatic rings. The summed E-state index contributed by atoms with van der Waals surface area (Å²) in [5, 5.41) is 0. The molecule has 1 aliphatic heterocycles. The summed E-state index contributed by atoms with van der Waals surface area (Å²) in [6, 6.07) is 4.46. The smallest absolute Gasteiger partial charge is 0.337 e. The highest BCUT2D eigenvalue weighted by Gasteiger charge is 2.33. The molecule has 0 aliphatic carbocycles. The summed E-state index contributed by atoms with van der Waals surface area (Å²) in [6.07, 6.45) is 0.849. The van der Waals surface area contributed by atoms with Gasteiger partial charge in [-0.15, -0.1) is 0 Å². The van der Waals surface area contributed by atoms with Gasteiger partial charge in [0.15, 0.2) is 0 Å². The summed E-state index contributed by atoms with van der Waals surface area (Å²) in [5.41, 5.74) is 0.744. The Hall–Kier alpha value is -1.93. The van der Waals surface area contributed by atoms with Gasteiger partial charge in [0.1, 0.15) is 0 Å². The maximum Gasteiger partial charge on any atom is 0.337 e. The Bertz CT molecular complexity index is 750. The van der Waals surface area contributed by atoms with Crippen LogP contribution in [0.5, 0.6) is 0 Å². The monoisotopic (exact) mass is 369 g/mol. The summed E-state index contributed by atoms with van der Waals surface area (Å²) < 4.78 is 36.9. The molecule has 0 aromatic heterocycles. The van der Waals surface area contributed by atoms with Crippen molar-refractivity contribution >= 4 is 22.0 Å². The molecule has 0 spiro atoms. The average Bonchev–Trinajstić information content (AvgIpc) is 2.61. The summed E-state index contributed by atoms with van der Waals surface area (Å²) in [4.78, 5) is 23.6. The Morgan fingerprint density at radius 2 is 1.88 bits per heavy atom. The SMILES string of the molecule is CCOC(=O)C1CCN(S(=O)(=O)c2cc(C(=O)OC)ccc2C)CC1. The fraction of sp³-hybridized carbons (Fsp3) is 0.529. The first-order valence-electron chi connectivity index (χ1n) is 8.17. The number of nitrogens with zero attached hydrogens (tertiary/aromatic N) is 1. The van der Waals surface area contributed by atoms with Gasteiger partial charge in [-0.3, -0.25) is 4.79 Å². The number of aryl methyl sites for hydroxylation is 1. The first kappa shape index (κ1) is 19.4. The van der Waals surface area contributed by atoms with Gasteiger partial charge in [0.05, 0.1) is 30.1 Å². The van der Waals surface area contributed by atoms with Gasteiger partial charge in [0.25, 0.3) is 0 Å². The van der Waals surface area contributed by atoms with Gasteiger partial charge in [-0.2, -0.15) is 4.31 Å². The van der Waals surface area contributed by atoms with E-state index < -0.39 is 16.0 Å².